The van der Waals surface area contributed by atoms with Gasteiger partial charge in [-0.15, -0.1) is 0 Å². The molecule has 142 valence electrons. The quantitative estimate of drug-likeness (QED) is 0.363. The number of nitrogens with zero attached hydrogens (tertiary/aromatic N) is 1. The first kappa shape index (κ1) is 18.0. The number of para-hydroxylation sites is 1. The summed E-state index contributed by atoms with van der Waals surface area (Å²) in [5.41, 5.74) is 7.29. The molecule has 0 atom stereocenters. The first-order chi connectivity index (χ1) is 14.1. The third-order valence-corrected chi connectivity index (χ3v) is 6.19. The number of Topliss-reactive ketones (excluding diaryl/α,β-unsaturated/α-hetero) is 1. The standard InChI is InChI=1S/C26H20ClNO/c1-17-23(15-20-14-18-8-2-4-10-21(18)26(20)29)22-11-5-7-13-25(22)28(17)16-19-9-3-6-12-24(19)27/h2-13,15H,14,16H2,1H3/b20-15+. The molecule has 1 aliphatic carbocycles. The second-order valence-electron chi connectivity index (χ2n) is 7.53. The Labute approximate surface area is 175 Å². The fraction of sp³-hybridized carbons (Fsp3) is 0.115. The van der Waals surface area contributed by atoms with Crippen molar-refractivity contribution in [2.24, 2.45) is 0 Å². The highest BCUT2D eigenvalue weighted by Gasteiger charge is 2.25. The monoisotopic (exact) mass is 397 g/mol. The van der Waals surface area contributed by atoms with E-state index in [2.05, 4.69) is 47.9 Å². The van der Waals surface area contributed by atoms with Crippen molar-refractivity contribution in [2.45, 2.75) is 19.9 Å². The number of carbonyl (C=O) groups is 1. The molecule has 0 saturated heterocycles. The Morgan fingerprint density at radius 1 is 0.966 bits per heavy atom. The van der Waals surface area contributed by atoms with Crippen LogP contribution in [-0.4, -0.2) is 10.4 Å². The Balaban J connectivity index is 1.64. The summed E-state index contributed by atoms with van der Waals surface area (Å²) in [6.45, 7) is 2.82. The Morgan fingerprint density at radius 2 is 1.69 bits per heavy atom. The van der Waals surface area contributed by atoms with Gasteiger partial charge in [0, 0.05) is 51.3 Å². The normalized spacial score (nSPS) is 14.7. The highest BCUT2D eigenvalue weighted by atomic mass is 35.5. The van der Waals surface area contributed by atoms with Gasteiger partial charge in [0.25, 0.3) is 0 Å². The number of benzene rings is 3. The maximum atomic E-state index is 12.9. The molecule has 1 heterocycles. The van der Waals surface area contributed by atoms with Gasteiger partial charge in [-0.25, -0.2) is 0 Å². The van der Waals surface area contributed by atoms with Crippen LogP contribution in [-0.2, 0) is 13.0 Å². The van der Waals surface area contributed by atoms with Crippen molar-refractivity contribution in [2.75, 3.05) is 0 Å². The van der Waals surface area contributed by atoms with Gasteiger partial charge in [0.2, 0.25) is 0 Å². The van der Waals surface area contributed by atoms with Gasteiger partial charge in [-0.3, -0.25) is 4.79 Å². The molecule has 0 N–H and O–H groups in total. The summed E-state index contributed by atoms with van der Waals surface area (Å²) in [4.78, 5) is 12.9. The fourth-order valence-electron chi connectivity index (χ4n) is 4.29. The van der Waals surface area contributed by atoms with Gasteiger partial charge in [0.1, 0.15) is 0 Å². The Kier molecular flexibility index (Phi) is 4.37. The summed E-state index contributed by atoms with van der Waals surface area (Å²) in [7, 11) is 0. The number of fused-ring (bicyclic) bond motifs is 2. The van der Waals surface area contributed by atoms with Gasteiger partial charge in [0.05, 0.1) is 0 Å². The first-order valence-electron chi connectivity index (χ1n) is 9.78. The summed E-state index contributed by atoms with van der Waals surface area (Å²) in [6, 6.07) is 24.2. The lowest BCUT2D eigenvalue weighted by Crippen LogP contribution is -2.02. The number of hydrogen-bond donors (Lipinski definition) is 0. The smallest absolute Gasteiger partial charge is 0.189 e. The van der Waals surface area contributed by atoms with Crippen molar-refractivity contribution >= 4 is 34.4 Å². The van der Waals surface area contributed by atoms with Crippen LogP contribution in [0.2, 0.25) is 5.02 Å². The second-order valence-corrected chi connectivity index (χ2v) is 7.93. The average Bonchev–Trinajstić information content (AvgIpc) is 3.20. The van der Waals surface area contributed by atoms with Gasteiger partial charge < -0.3 is 4.57 Å². The largest absolute Gasteiger partial charge is 0.340 e. The molecule has 1 aromatic heterocycles. The summed E-state index contributed by atoms with van der Waals surface area (Å²) < 4.78 is 2.29. The van der Waals surface area contributed by atoms with Crippen molar-refractivity contribution in [3.63, 3.8) is 0 Å². The molecule has 5 rings (SSSR count). The topological polar surface area (TPSA) is 22.0 Å². The van der Waals surface area contributed by atoms with E-state index < -0.39 is 0 Å². The molecule has 0 saturated carbocycles. The molecule has 0 spiro atoms. The summed E-state index contributed by atoms with van der Waals surface area (Å²) >= 11 is 6.42. The molecule has 0 amide bonds. The van der Waals surface area contributed by atoms with Crippen molar-refractivity contribution in [1.82, 2.24) is 4.57 Å². The molecule has 3 heteroatoms. The molecular weight excluding hydrogens is 378 g/mol. The van der Waals surface area contributed by atoms with Crippen LogP contribution in [0.5, 0.6) is 0 Å². The zero-order chi connectivity index (χ0) is 20.0. The molecule has 0 radical (unpaired) electrons. The lowest BCUT2D eigenvalue weighted by molar-refractivity contribution is 0.104. The second kappa shape index (κ2) is 7.06. The lowest BCUT2D eigenvalue weighted by atomic mass is 10.0. The van der Waals surface area contributed by atoms with Crippen molar-refractivity contribution in [3.05, 3.63) is 111 Å². The van der Waals surface area contributed by atoms with Crippen molar-refractivity contribution in [3.8, 4) is 0 Å². The van der Waals surface area contributed by atoms with E-state index in [9.17, 15) is 4.79 Å². The number of rotatable bonds is 3. The maximum Gasteiger partial charge on any atom is 0.189 e. The van der Waals surface area contributed by atoms with Gasteiger partial charge in [0.15, 0.2) is 5.78 Å². The molecule has 0 fully saturated rings. The minimum atomic E-state index is 0.142. The van der Waals surface area contributed by atoms with Gasteiger partial charge >= 0.3 is 0 Å². The van der Waals surface area contributed by atoms with Crippen LogP contribution in [0.15, 0.2) is 78.4 Å². The number of hydrogen-bond acceptors (Lipinski definition) is 1. The Bertz CT molecular complexity index is 1300. The van der Waals surface area contributed by atoms with Gasteiger partial charge in [-0.05, 0) is 36.3 Å². The molecule has 1 aliphatic rings. The highest BCUT2D eigenvalue weighted by Crippen LogP contribution is 2.33. The van der Waals surface area contributed by atoms with Crippen LogP contribution in [0, 0.1) is 6.92 Å². The molecule has 29 heavy (non-hydrogen) atoms. The van der Waals surface area contributed by atoms with Crippen LogP contribution in [0.4, 0.5) is 0 Å². The maximum absolute atomic E-state index is 12.9. The molecule has 4 aromatic rings. The van der Waals surface area contributed by atoms with Gasteiger partial charge in [-0.1, -0.05) is 72.3 Å². The Morgan fingerprint density at radius 3 is 2.52 bits per heavy atom. The predicted molar refractivity (Wildman–Crippen MR) is 120 cm³/mol. The predicted octanol–water partition coefficient (Wildman–Crippen LogP) is 6.47. The number of carbonyl (C=O) groups excluding carboxylic acids is 1. The minimum Gasteiger partial charge on any atom is -0.340 e. The molecular formula is C26H20ClNO. The fourth-order valence-corrected chi connectivity index (χ4v) is 4.48. The van der Waals surface area contributed by atoms with Crippen LogP contribution in [0.25, 0.3) is 17.0 Å². The van der Waals surface area contributed by atoms with Crippen LogP contribution in [0.1, 0.15) is 32.7 Å². The van der Waals surface area contributed by atoms with Crippen molar-refractivity contribution < 1.29 is 4.79 Å². The molecule has 3 aromatic carbocycles. The SMILES string of the molecule is Cc1c(/C=C2\Cc3ccccc3C2=O)c2ccccc2n1Cc1ccccc1Cl. The number of aromatic nitrogens is 1. The van der Waals surface area contributed by atoms with E-state index in [0.717, 1.165) is 49.4 Å². The first-order valence-corrected chi connectivity index (χ1v) is 10.2. The van der Waals surface area contributed by atoms with Crippen molar-refractivity contribution in [1.29, 1.82) is 0 Å². The minimum absolute atomic E-state index is 0.142. The third-order valence-electron chi connectivity index (χ3n) is 5.82. The Hall–Kier alpha value is -3.10. The molecule has 0 bridgehead atoms. The summed E-state index contributed by atoms with van der Waals surface area (Å²) in [6.07, 6.45) is 2.78. The molecule has 2 nitrogen and oxygen atoms in total. The number of allylic oxidation sites excluding steroid dienone is 1. The average molecular weight is 398 g/mol. The zero-order valence-electron chi connectivity index (χ0n) is 16.2. The van der Waals surface area contributed by atoms with E-state index in [-0.39, 0.29) is 5.78 Å². The van der Waals surface area contributed by atoms with Crippen LogP contribution in [0.3, 0.4) is 0 Å². The van der Waals surface area contributed by atoms with E-state index in [1.165, 1.54) is 0 Å². The van der Waals surface area contributed by atoms with E-state index in [1.807, 2.05) is 42.5 Å². The zero-order valence-corrected chi connectivity index (χ0v) is 16.9. The lowest BCUT2D eigenvalue weighted by Gasteiger charge is -2.10. The molecule has 0 aliphatic heterocycles. The van der Waals surface area contributed by atoms with Crippen LogP contribution >= 0.6 is 11.6 Å². The van der Waals surface area contributed by atoms with E-state index >= 15 is 0 Å². The third kappa shape index (κ3) is 3.01. The highest BCUT2D eigenvalue weighted by molar-refractivity contribution is 6.31. The summed E-state index contributed by atoms with van der Waals surface area (Å²) in [5.74, 6) is 0.142. The summed E-state index contributed by atoms with van der Waals surface area (Å²) in [5, 5.41) is 1.93. The molecule has 0 unspecified atom stereocenters. The number of ketones is 1. The van der Waals surface area contributed by atoms with E-state index in [0.29, 0.717) is 13.0 Å². The van der Waals surface area contributed by atoms with Gasteiger partial charge in [-0.2, -0.15) is 0 Å². The van der Waals surface area contributed by atoms with Crippen LogP contribution < -0.4 is 0 Å². The number of halogens is 1. The van der Waals surface area contributed by atoms with E-state index in [4.69, 9.17) is 11.6 Å². The van der Waals surface area contributed by atoms with E-state index in [1.54, 1.807) is 0 Å².